The Balaban J connectivity index is 2.49. The summed E-state index contributed by atoms with van der Waals surface area (Å²) in [6, 6.07) is 5.84. The molecule has 0 aliphatic rings. The topological polar surface area (TPSA) is 26.0 Å². The Bertz CT molecular complexity index is 611. The molecule has 2 rings (SSSR count). The Hall–Kier alpha value is -0.870. The van der Waals surface area contributed by atoms with Crippen molar-refractivity contribution in [2.75, 3.05) is 0 Å². The van der Waals surface area contributed by atoms with Crippen LogP contribution in [0.3, 0.4) is 0 Å². The summed E-state index contributed by atoms with van der Waals surface area (Å²) in [5.74, 6) is -2.03. The van der Waals surface area contributed by atoms with Gasteiger partial charge in [-0.3, -0.25) is 0 Å². The fourth-order valence-electron chi connectivity index (χ4n) is 1.71. The highest BCUT2D eigenvalue weighted by Crippen LogP contribution is 2.31. The Morgan fingerprint density at radius 3 is 1.95 bits per heavy atom. The Kier molecular flexibility index (Phi) is 4.31. The predicted octanol–water partition coefficient (Wildman–Crippen LogP) is 4.97. The van der Waals surface area contributed by atoms with Crippen molar-refractivity contribution in [2.24, 2.45) is 5.73 Å². The second kappa shape index (κ2) is 5.63. The highest BCUT2D eigenvalue weighted by Gasteiger charge is 2.17. The third kappa shape index (κ3) is 3.18. The number of hydrogen-bond acceptors (Lipinski definition) is 1. The molecule has 0 fully saturated rings. The van der Waals surface area contributed by atoms with Crippen molar-refractivity contribution in [2.45, 2.75) is 6.04 Å². The molecule has 6 heteroatoms. The van der Waals surface area contributed by atoms with Crippen LogP contribution in [-0.4, -0.2) is 0 Å². The Labute approximate surface area is 123 Å². The molecule has 1 unspecified atom stereocenters. The van der Waals surface area contributed by atoms with Crippen molar-refractivity contribution >= 4 is 34.8 Å². The van der Waals surface area contributed by atoms with E-state index in [4.69, 9.17) is 40.5 Å². The summed E-state index contributed by atoms with van der Waals surface area (Å²) in [6.07, 6.45) is 0. The van der Waals surface area contributed by atoms with Crippen LogP contribution >= 0.6 is 34.8 Å². The van der Waals surface area contributed by atoms with Gasteiger partial charge in [-0.05, 0) is 41.5 Å². The zero-order valence-electron chi connectivity index (χ0n) is 9.43. The van der Waals surface area contributed by atoms with Crippen molar-refractivity contribution in [1.29, 1.82) is 0 Å². The lowest BCUT2D eigenvalue weighted by molar-refractivity contribution is 0.506. The maximum Gasteiger partial charge on any atom is 0.160 e. The lowest BCUT2D eigenvalue weighted by Crippen LogP contribution is -2.13. The fraction of sp³-hybridized carbons (Fsp3) is 0.0769. The highest BCUT2D eigenvalue weighted by atomic mass is 35.5. The predicted molar refractivity (Wildman–Crippen MR) is 73.9 cm³/mol. The molecule has 2 aromatic carbocycles. The van der Waals surface area contributed by atoms with Crippen molar-refractivity contribution < 1.29 is 8.78 Å². The average Bonchev–Trinajstić information content (AvgIpc) is 2.31. The lowest BCUT2D eigenvalue weighted by atomic mass is 9.99. The summed E-state index contributed by atoms with van der Waals surface area (Å²) in [5, 5.41) is 0.843. The number of nitrogens with two attached hydrogens (primary N) is 1. The first kappa shape index (κ1) is 14.5. The second-order valence-corrected chi connectivity index (χ2v) is 5.25. The minimum absolute atomic E-state index is 0.0440. The minimum atomic E-state index is -1.02. The molecule has 2 aromatic rings. The third-order valence-corrected chi connectivity index (χ3v) is 3.38. The van der Waals surface area contributed by atoms with E-state index >= 15 is 0 Å². The minimum Gasteiger partial charge on any atom is -0.320 e. The van der Waals surface area contributed by atoms with E-state index in [2.05, 4.69) is 0 Å². The van der Waals surface area contributed by atoms with Crippen LogP contribution in [0.2, 0.25) is 15.1 Å². The van der Waals surface area contributed by atoms with Gasteiger partial charge in [0.25, 0.3) is 0 Å². The van der Waals surface area contributed by atoms with Gasteiger partial charge in [-0.15, -0.1) is 0 Å². The van der Waals surface area contributed by atoms with Crippen molar-refractivity contribution in [1.82, 2.24) is 0 Å². The molecule has 0 amide bonds. The molecule has 2 N–H and O–H groups in total. The number of halogens is 5. The molecule has 0 aliphatic heterocycles. The van der Waals surface area contributed by atoms with Gasteiger partial charge in [0.05, 0.1) is 6.04 Å². The van der Waals surface area contributed by atoms with Crippen LogP contribution in [0, 0.1) is 11.6 Å². The molecule has 100 valence electrons. The van der Waals surface area contributed by atoms with Gasteiger partial charge in [0, 0.05) is 15.1 Å². The van der Waals surface area contributed by atoms with Gasteiger partial charge in [0.1, 0.15) is 0 Å². The monoisotopic (exact) mass is 321 g/mol. The van der Waals surface area contributed by atoms with Crippen LogP contribution in [0.25, 0.3) is 0 Å². The van der Waals surface area contributed by atoms with E-state index in [-0.39, 0.29) is 10.6 Å². The summed E-state index contributed by atoms with van der Waals surface area (Å²) >= 11 is 17.6. The smallest absolute Gasteiger partial charge is 0.160 e. The van der Waals surface area contributed by atoms with Crippen LogP contribution < -0.4 is 5.73 Å². The molecule has 0 spiro atoms. The van der Waals surface area contributed by atoms with E-state index in [0.29, 0.717) is 15.6 Å². The van der Waals surface area contributed by atoms with E-state index in [0.717, 1.165) is 12.1 Å². The zero-order chi connectivity index (χ0) is 14.2. The average molecular weight is 323 g/mol. The molecule has 0 radical (unpaired) electrons. The summed E-state index contributed by atoms with van der Waals surface area (Å²) in [5.41, 5.74) is 6.81. The summed E-state index contributed by atoms with van der Waals surface area (Å²) in [7, 11) is 0. The van der Waals surface area contributed by atoms with Gasteiger partial charge >= 0.3 is 0 Å². The molecule has 0 saturated carbocycles. The maximum absolute atomic E-state index is 13.3. The number of hydrogen-bond donors (Lipinski definition) is 1. The molecule has 1 nitrogen and oxygen atoms in total. The van der Waals surface area contributed by atoms with Crippen LogP contribution in [0.15, 0.2) is 30.3 Å². The van der Waals surface area contributed by atoms with Gasteiger partial charge in [0.2, 0.25) is 0 Å². The molecule has 0 aromatic heterocycles. The van der Waals surface area contributed by atoms with E-state index in [1.54, 1.807) is 18.2 Å². The summed E-state index contributed by atoms with van der Waals surface area (Å²) in [6.45, 7) is 0. The van der Waals surface area contributed by atoms with Crippen LogP contribution in [0.1, 0.15) is 17.2 Å². The molecule has 1 atom stereocenters. The normalized spacial score (nSPS) is 12.5. The van der Waals surface area contributed by atoms with Gasteiger partial charge < -0.3 is 5.73 Å². The molecular formula is C13H8Cl3F2N. The van der Waals surface area contributed by atoms with E-state index in [9.17, 15) is 8.78 Å². The third-order valence-electron chi connectivity index (χ3n) is 2.62. The van der Waals surface area contributed by atoms with Gasteiger partial charge in [-0.2, -0.15) is 0 Å². The fourth-order valence-corrected chi connectivity index (χ4v) is 2.52. The summed E-state index contributed by atoms with van der Waals surface area (Å²) in [4.78, 5) is 0. The zero-order valence-corrected chi connectivity index (χ0v) is 11.7. The van der Waals surface area contributed by atoms with Crippen molar-refractivity contribution in [3.63, 3.8) is 0 Å². The van der Waals surface area contributed by atoms with Crippen LogP contribution in [-0.2, 0) is 0 Å². The molecule has 0 heterocycles. The van der Waals surface area contributed by atoms with Gasteiger partial charge in [-0.1, -0.05) is 34.8 Å². The summed E-state index contributed by atoms with van der Waals surface area (Å²) < 4.78 is 26.3. The molecule has 19 heavy (non-hydrogen) atoms. The van der Waals surface area contributed by atoms with Crippen LogP contribution in [0.5, 0.6) is 0 Å². The SMILES string of the molecule is NC(c1cc(Cl)cc(Cl)c1)c1cc(F)c(F)cc1Cl. The first-order valence-corrected chi connectivity index (χ1v) is 6.38. The number of rotatable bonds is 2. The van der Waals surface area contributed by atoms with Crippen LogP contribution in [0.4, 0.5) is 8.78 Å². The van der Waals surface area contributed by atoms with Crippen molar-refractivity contribution in [3.8, 4) is 0 Å². The van der Waals surface area contributed by atoms with E-state index in [1.807, 2.05) is 0 Å². The van der Waals surface area contributed by atoms with E-state index < -0.39 is 17.7 Å². The van der Waals surface area contributed by atoms with Gasteiger partial charge in [0.15, 0.2) is 11.6 Å². The van der Waals surface area contributed by atoms with Crippen molar-refractivity contribution in [3.05, 3.63) is 68.2 Å². The molecule has 0 saturated heterocycles. The Morgan fingerprint density at radius 1 is 0.842 bits per heavy atom. The largest absolute Gasteiger partial charge is 0.320 e. The highest BCUT2D eigenvalue weighted by molar-refractivity contribution is 6.34. The first-order valence-electron chi connectivity index (χ1n) is 5.24. The molecule has 0 bridgehead atoms. The lowest BCUT2D eigenvalue weighted by Gasteiger charge is -2.15. The molecular weight excluding hydrogens is 315 g/mol. The first-order chi connectivity index (χ1) is 8.88. The number of benzene rings is 2. The molecule has 0 aliphatic carbocycles. The van der Waals surface area contributed by atoms with E-state index in [1.165, 1.54) is 0 Å². The Morgan fingerprint density at radius 2 is 1.37 bits per heavy atom. The second-order valence-electron chi connectivity index (χ2n) is 3.97. The standard InChI is InChI=1S/C13H8Cl3F2N/c14-7-1-6(2-8(15)3-7)13(19)9-4-11(17)12(18)5-10(9)16/h1-5,13H,19H2. The maximum atomic E-state index is 13.3. The van der Waals surface area contributed by atoms with Gasteiger partial charge in [-0.25, -0.2) is 8.78 Å². The quantitative estimate of drug-likeness (QED) is 0.776.